The van der Waals surface area contributed by atoms with Crippen molar-refractivity contribution in [2.45, 2.75) is 22.1 Å². The zero-order chi connectivity index (χ0) is 29.6. The number of hydrogen-bond acceptors (Lipinski definition) is 3. The van der Waals surface area contributed by atoms with E-state index in [9.17, 15) is 0 Å². The fourth-order valence-corrected chi connectivity index (χ4v) is 7.37. The average molecular weight is 585 g/mol. The summed E-state index contributed by atoms with van der Waals surface area (Å²) in [6.45, 7) is 3.74. The minimum absolute atomic E-state index is 0.0596. The molecule has 0 fully saturated rings. The van der Waals surface area contributed by atoms with Crippen LogP contribution in [0, 0.1) is 5.41 Å². The topological polar surface area (TPSA) is 45.4 Å². The molecule has 1 unspecified atom stereocenters. The van der Waals surface area contributed by atoms with Crippen molar-refractivity contribution in [2.75, 3.05) is 0 Å². The van der Waals surface area contributed by atoms with E-state index in [2.05, 4.69) is 115 Å². The van der Waals surface area contributed by atoms with Crippen molar-refractivity contribution in [2.24, 2.45) is 4.99 Å². The highest BCUT2D eigenvalue weighted by molar-refractivity contribution is 7.99. The second kappa shape index (κ2) is 10.8. The Balaban J connectivity index is 1.26. The Bertz CT molecular complexity index is 2220. The van der Waals surface area contributed by atoms with E-state index in [0.717, 1.165) is 43.6 Å². The van der Waals surface area contributed by atoms with Gasteiger partial charge in [0.05, 0.1) is 9.79 Å². The fourth-order valence-electron chi connectivity index (χ4n) is 6.44. The zero-order valence-electron chi connectivity index (χ0n) is 24.0. The molecule has 2 aliphatic rings. The number of hydrogen-bond donors (Lipinski definition) is 1. The molecule has 0 radical (unpaired) electrons. The Morgan fingerprint density at radius 1 is 0.750 bits per heavy atom. The summed E-state index contributed by atoms with van der Waals surface area (Å²) in [5, 5.41) is 16.3. The van der Waals surface area contributed by atoms with Crippen LogP contribution < -0.4 is 4.74 Å². The maximum absolute atomic E-state index is 8.78. The van der Waals surface area contributed by atoms with E-state index in [1.807, 2.05) is 18.2 Å². The molecule has 0 spiro atoms. The van der Waals surface area contributed by atoms with Crippen molar-refractivity contribution in [3.05, 3.63) is 151 Å². The van der Waals surface area contributed by atoms with Gasteiger partial charge in [-0.2, -0.15) is 0 Å². The molecule has 1 atom stereocenters. The van der Waals surface area contributed by atoms with Crippen molar-refractivity contribution < 1.29 is 4.74 Å². The molecular weight excluding hydrogens is 557 g/mol. The molecule has 210 valence electrons. The van der Waals surface area contributed by atoms with Crippen molar-refractivity contribution >= 4 is 61.7 Å². The number of para-hydroxylation sites is 1. The standard InChI is InChI=1S/C40H28N2OS/c1-2-19-42-40(41)29-21-27(20-28(22-29)26-16-18-39-37(24-26)43-36-13-7-8-14-38(36)44-39)25-15-17-34-32-11-4-3-9-30(32)31-10-5-6-12-33(31)35(34)23-25/h2-21,23-24,28,41H,1,22H2. The molecule has 1 aliphatic carbocycles. The van der Waals surface area contributed by atoms with E-state index < -0.39 is 0 Å². The van der Waals surface area contributed by atoms with Gasteiger partial charge in [0, 0.05) is 12.1 Å². The smallest absolute Gasteiger partial charge is 0.147 e. The third kappa shape index (κ3) is 4.55. The van der Waals surface area contributed by atoms with Crippen molar-refractivity contribution in [3.8, 4) is 11.5 Å². The van der Waals surface area contributed by atoms with Crippen LogP contribution in [0.1, 0.15) is 23.5 Å². The number of ether oxygens (including phenoxy) is 1. The highest BCUT2D eigenvalue weighted by atomic mass is 32.2. The lowest BCUT2D eigenvalue weighted by Crippen LogP contribution is -2.10. The summed E-state index contributed by atoms with van der Waals surface area (Å²) in [5.74, 6) is 2.08. The first-order chi connectivity index (χ1) is 21.7. The van der Waals surface area contributed by atoms with E-state index >= 15 is 0 Å². The maximum atomic E-state index is 8.78. The van der Waals surface area contributed by atoms with Crippen LogP contribution in [0.5, 0.6) is 11.5 Å². The predicted octanol–water partition coefficient (Wildman–Crippen LogP) is 11.1. The van der Waals surface area contributed by atoms with Gasteiger partial charge in [-0.05, 0) is 97.4 Å². The van der Waals surface area contributed by atoms with Gasteiger partial charge >= 0.3 is 0 Å². The van der Waals surface area contributed by atoms with E-state index in [1.54, 1.807) is 24.1 Å². The van der Waals surface area contributed by atoms with Gasteiger partial charge < -0.3 is 4.74 Å². The van der Waals surface area contributed by atoms with E-state index in [4.69, 9.17) is 10.1 Å². The number of amidine groups is 1. The van der Waals surface area contributed by atoms with Crippen LogP contribution in [0.15, 0.2) is 154 Å². The molecule has 44 heavy (non-hydrogen) atoms. The summed E-state index contributed by atoms with van der Waals surface area (Å²) < 4.78 is 6.34. The number of nitrogens with one attached hydrogen (secondary N) is 1. The van der Waals surface area contributed by atoms with E-state index in [1.165, 1.54) is 32.3 Å². The number of fused-ring (bicyclic) bond motifs is 8. The van der Waals surface area contributed by atoms with E-state index in [-0.39, 0.29) is 11.8 Å². The molecule has 1 N–H and O–H groups in total. The first kappa shape index (κ1) is 26.4. The molecule has 3 nitrogen and oxygen atoms in total. The largest absolute Gasteiger partial charge is 0.455 e. The van der Waals surface area contributed by atoms with Gasteiger partial charge in [0.1, 0.15) is 17.3 Å². The molecule has 1 aliphatic heterocycles. The maximum Gasteiger partial charge on any atom is 0.147 e. The summed E-state index contributed by atoms with van der Waals surface area (Å²) in [4.78, 5) is 6.60. The monoisotopic (exact) mass is 584 g/mol. The van der Waals surface area contributed by atoms with Crippen LogP contribution in [0.2, 0.25) is 0 Å². The molecule has 0 saturated heterocycles. The molecule has 1 heterocycles. The summed E-state index contributed by atoms with van der Waals surface area (Å²) in [6.07, 6.45) is 8.35. The molecule has 0 bridgehead atoms. The van der Waals surface area contributed by atoms with Gasteiger partial charge in [-0.1, -0.05) is 109 Å². The number of nitrogens with zero attached hydrogens (tertiary/aromatic N) is 1. The third-order valence-electron chi connectivity index (χ3n) is 8.53. The van der Waals surface area contributed by atoms with Crippen LogP contribution in [-0.2, 0) is 0 Å². The molecular formula is C40H28N2OS. The lowest BCUT2D eigenvalue weighted by molar-refractivity contribution is 0.453. The zero-order valence-corrected chi connectivity index (χ0v) is 24.8. The first-order valence-corrected chi connectivity index (χ1v) is 15.6. The summed E-state index contributed by atoms with van der Waals surface area (Å²) in [7, 11) is 0. The normalized spacial score (nSPS) is 15.9. The van der Waals surface area contributed by atoms with Crippen molar-refractivity contribution in [1.29, 1.82) is 5.41 Å². The van der Waals surface area contributed by atoms with Gasteiger partial charge in [-0.3, -0.25) is 5.41 Å². The second-order valence-corrected chi connectivity index (χ2v) is 12.3. The Hall–Kier alpha value is -5.19. The molecule has 0 amide bonds. The first-order valence-electron chi connectivity index (χ1n) is 14.7. The average Bonchev–Trinajstić information content (AvgIpc) is 3.09. The Morgan fingerprint density at radius 2 is 1.41 bits per heavy atom. The highest BCUT2D eigenvalue weighted by Gasteiger charge is 2.24. The SMILES string of the molecule is C=CC=NC(=N)C1=CC(c2ccc3c4ccccc4c4ccccc4c3c2)=CC(c2ccc3c(c2)Oc2ccccc2S3)C1. The highest BCUT2D eigenvalue weighted by Crippen LogP contribution is 2.48. The van der Waals surface area contributed by atoms with Gasteiger partial charge in [-0.15, -0.1) is 0 Å². The number of rotatable bonds is 4. The van der Waals surface area contributed by atoms with Crippen LogP contribution in [-0.4, -0.2) is 12.1 Å². The Labute approximate surface area is 260 Å². The van der Waals surface area contributed by atoms with Crippen LogP contribution in [0.4, 0.5) is 0 Å². The quantitative estimate of drug-likeness (QED) is 0.127. The molecule has 6 aromatic carbocycles. The minimum Gasteiger partial charge on any atom is -0.455 e. The lowest BCUT2D eigenvalue weighted by atomic mass is 9.82. The number of allylic oxidation sites excluding steroid dienone is 4. The molecule has 6 aromatic rings. The summed E-state index contributed by atoms with van der Waals surface area (Å²) >= 11 is 1.74. The molecule has 8 rings (SSSR count). The minimum atomic E-state index is 0.0596. The fraction of sp³-hybridized carbons (Fsp3) is 0.0500. The van der Waals surface area contributed by atoms with Gasteiger partial charge in [0.15, 0.2) is 0 Å². The van der Waals surface area contributed by atoms with Crippen molar-refractivity contribution in [1.82, 2.24) is 0 Å². The van der Waals surface area contributed by atoms with Gasteiger partial charge in [-0.25, -0.2) is 4.99 Å². The van der Waals surface area contributed by atoms with Gasteiger partial charge in [0.2, 0.25) is 0 Å². The second-order valence-electron chi connectivity index (χ2n) is 11.2. The van der Waals surface area contributed by atoms with Crippen LogP contribution in [0.25, 0.3) is 37.9 Å². The lowest BCUT2D eigenvalue weighted by Gasteiger charge is -2.25. The molecule has 4 heteroatoms. The van der Waals surface area contributed by atoms with E-state index in [0.29, 0.717) is 6.42 Å². The van der Waals surface area contributed by atoms with Crippen molar-refractivity contribution in [3.63, 3.8) is 0 Å². The number of benzene rings is 6. The number of aliphatic imine (C=N–C) groups is 1. The third-order valence-corrected chi connectivity index (χ3v) is 9.64. The predicted molar refractivity (Wildman–Crippen MR) is 186 cm³/mol. The molecule has 0 aromatic heterocycles. The van der Waals surface area contributed by atoms with Gasteiger partial charge in [0.25, 0.3) is 0 Å². The summed E-state index contributed by atoms with van der Waals surface area (Å²) in [6, 6.07) is 38.8. The summed E-state index contributed by atoms with van der Waals surface area (Å²) in [5.41, 5.74) is 4.27. The Kier molecular flexibility index (Phi) is 6.50. The molecule has 0 saturated carbocycles. The van der Waals surface area contributed by atoms with Crippen LogP contribution in [0.3, 0.4) is 0 Å². The Morgan fingerprint density at radius 3 is 2.16 bits per heavy atom. The van der Waals surface area contributed by atoms with Crippen LogP contribution >= 0.6 is 11.8 Å².